The molecule has 304 valence electrons. The van der Waals surface area contributed by atoms with E-state index in [0.717, 1.165) is 63.9 Å². The molecule has 2 saturated heterocycles. The summed E-state index contributed by atoms with van der Waals surface area (Å²) in [6.45, 7) is 5.93. The van der Waals surface area contributed by atoms with Crippen LogP contribution in [0.5, 0.6) is 0 Å². The van der Waals surface area contributed by atoms with E-state index in [2.05, 4.69) is 21.9 Å². The summed E-state index contributed by atoms with van der Waals surface area (Å²) in [5.74, 6) is -0.400. The minimum atomic E-state index is -3.98. The maximum Gasteiger partial charge on any atom is 0.241 e. The summed E-state index contributed by atoms with van der Waals surface area (Å²) in [5, 5.41) is 22.7. The van der Waals surface area contributed by atoms with Crippen molar-refractivity contribution in [1.82, 2.24) is 14.9 Å². The molecule has 2 aliphatic heterocycles. The van der Waals surface area contributed by atoms with E-state index < -0.39 is 28.3 Å². The summed E-state index contributed by atoms with van der Waals surface area (Å²) in [5.41, 5.74) is 7.23. The summed E-state index contributed by atoms with van der Waals surface area (Å²) in [6, 6.07) is 38.8. The minimum Gasteiger partial charge on any atom is -0.395 e. The van der Waals surface area contributed by atoms with Crippen LogP contribution in [0, 0.1) is 12.8 Å². The van der Waals surface area contributed by atoms with Crippen LogP contribution in [0.4, 0.5) is 0 Å². The number of hydrogen-bond donors (Lipinski definition) is 4. The van der Waals surface area contributed by atoms with E-state index >= 15 is 0 Å². The Morgan fingerprint density at radius 2 is 1.52 bits per heavy atom. The third-order valence-corrected chi connectivity index (χ3v) is 12.9. The van der Waals surface area contributed by atoms with Gasteiger partial charge in [-0.05, 0) is 78.2 Å². The van der Waals surface area contributed by atoms with Crippen molar-refractivity contribution < 1.29 is 32.9 Å². The summed E-state index contributed by atoms with van der Waals surface area (Å²) >= 11 is 0. The number of aliphatic hydroxyl groups excluding tert-OH is 2. The van der Waals surface area contributed by atoms with Gasteiger partial charge in [0.25, 0.3) is 0 Å². The van der Waals surface area contributed by atoms with Crippen LogP contribution in [0.15, 0.2) is 132 Å². The first-order chi connectivity index (χ1) is 28.1. The summed E-state index contributed by atoms with van der Waals surface area (Å²) < 4.78 is 42.9. The van der Waals surface area contributed by atoms with Crippen molar-refractivity contribution >= 4 is 15.9 Å². The number of rotatable bonds is 15. The van der Waals surface area contributed by atoms with Crippen molar-refractivity contribution in [3.05, 3.63) is 161 Å². The van der Waals surface area contributed by atoms with E-state index in [1.54, 1.807) is 24.3 Å². The van der Waals surface area contributed by atoms with Gasteiger partial charge in [-0.3, -0.25) is 9.69 Å². The molecule has 0 aromatic heterocycles. The fourth-order valence-electron chi connectivity index (χ4n) is 7.99. The van der Waals surface area contributed by atoms with E-state index in [9.17, 15) is 23.4 Å². The number of hydrogen-bond acceptors (Lipinski definition) is 8. The summed E-state index contributed by atoms with van der Waals surface area (Å²) in [7, 11) is -3.98. The van der Waals surface area contributed by atoms with E-state index in [-0.39, 0.29) is 55.2 Å². The molecule has 0 aliphatic carbocycles. The number of aliphatic hydroxyl groups is 2. The number of amides is 1. The van der Waals surface area contributed by atoms with E-state index in [1.165, 1.54) is 0 Å². The maximum atomic E-state index is 13.8. The first kappa shape index (κ1) is 41.4. The molecule has 2 fully saturated rings. The van der Waals surface area contributed by atoms with Crippen molar-refractivity contribution in [3.63, 3.8) is 0 Å². The monoisotopic (exact) mass is 803 g/mol. The number of carbonyl (C=O) groups excluding carboxylic acids is 1. The van der Waals surface area contributed by atoms with Gasteiger partial charge in [-0.1, -0.05) is 128 Å². The van der Waals surface area contributed by atoms with Crippen molar-refractivity contribution in [2.45, 2.75) is 81.7 Å². The third kappa shape index (κ3) is 9.93. The topological polar surface area (TPSA) is 137 Å². The van der Waals surface area contributed by atoms with Gasteiger partial charge in [0.05, 0.1) is 30.3 Å². The molecule has 7 rings (SSSR count). The molecule has 0 saturated carbocycles. The lowest BCUT2D eigenvalue weighted by Gasteiger charge is -2.43. The number of benzene rings is 5. The molecule has 2 heterocycles. The lowest BCUT2D eigenvalue weighted by molar-refractivity contribution is -0.276. The second-order valence-electron chi connectivity index (χ2n) is 15.5. The number of nitrogens with one attached hydrogen (secondary N) is 2. The second kappa shape index (κ2) is 18.9. The van der Waals surface area contributed by atoms with Gasteiger partial charge < -0.3 is 25.0 Å². The first-order valence-electron chi connectivity index (χ1n) is 20.1. The maximum absolute atomic E-state index is 13.8. The molecule has 1 amide bonds. The van der Waals surface area contributed by atoms with Crippen LogP contribution in [0.2, 0.25) is 0 Å². The van der Waals surface area contributed by atoms with Gasteiger partial charge in [0.15, 0.2) is 6.29 Å². The lowest BCUT2D eigenvalue weighted by atomic mass is 9.89. The van der Waals surface area contributed by atoms with Crippen LogP contribution < -0.4 is 10.0 Å². The Morgan fingerprint density at radius 3 is 2.22 bits per heavy atom. The van der Waals surface area contributed by atoms with E-state index in [0.29, 0.717) is 6.54 Å². The lowest BCUT2D eigenvalue weighted by Crippen LogP contribution is -2.47. The van der Waals surface area contributed by atoms with E-state index in [1.807, 2.05) is 110 Å². The number of nitrogens with zero attached hydrogens (tertiary/aromatic N) is 1. The number of aryl methyl sites for hydroxylation is 1. The first-order valence-corrected chi connectivity index (χ1v) is 21.5. The smallest absolute Gasteiger partial charge is 0.241 e. The van der Waals surface area contributed by atoms with Gasteiger partial charge >= 0.3 is 0 Å². The highest BCUT2D eigenvalue weighted by Gasteiger charge is 2.40. The van der Waals surface area contributed by atoms with Crippen LogP contribution in [0.25, 0.3) is 11.1 Å². The average molecular weight is 804 g/mol. The van der Waals surface area contributed by atoms with Crippen molar-refractivity contribution in [3.8, 4) is 11.1 Å². The number of sulfonamides is 1. The zero-order valence-electron chi connectivity index (χ0n) is 33.0. The molecular formula is C47H53N3O7S. The van der Waals surface area contributed by atoms with Gasteiger partial charge in [-0.25, -0.2) is 8.42 Å². The molecule has 0 bridgehead atoms. The normalized spacial score (nSPS) is 21.8. The molecule has 0 spiro atoms. The molecule has 4 N–H and O–H groups in total. The largest absolute Gasteiger partial charge is 0.395 e. The minimum absolute atomic E-state index is 0.0279. The molecule has 10 nitrogen and oxygen atoms in total. The predicted molar refractivity (Wildman–Crippen MR) is 224 cm³/mol. The fourth-order valence-corrected chi connectivity index (χ4v) is 9.19. The Bertz CT molecular complexity index is 2220. The van der Waals surface area contributed by atoms with Crippen LogP contribution in [0.1, 0.15) is 65.5 Å². The Labute approximate surface area is 341 Å². The van der Waals surface area contributed by atoms with Crippen molar-refractivity contribution in [2.75, 3.05) is 19.7 Å². The second-order valence-corrected chi connectivity index (χ2v) is 17.2. The zero-order chi connectivity index (χ0) is 40.6. The Hall–Kier alpha value is -4.72. The average Bonchev–Trinajstić information content (AvgIpc) is 3.71. The quantitative estimate of drug-likeness (QED) is 0.0929. The van der Waals surface area contributed by atoms with Gasteiger partial charge in [-0.15, -0.1) is 0 Å². The molecule has 58 heavy (non-hydrogen) atoms. The van der Waals surface area contributed by atoms with Gasteiger partial charge in [0, 0.05) is 30.6 Å². The molecule has 0 radical (unpaired) electrons. The standard InChI is InChI=1S/C47H53N3O7S/c1-32-14-24-41(25-15-32)58(54,55)49-43(27-34-9-4-3-5-10-34)46(53)48-28-39-11-6-7-13-42(39)36-20-22-38(23-21-36)47-56-44(29-50-26-8-12-40(50)31-52)33(2)45(57-47)37-18-16-35(30-51)17-19-37/h3-7,9-11,13-25,33,40,43-45,47,49,51-52H,8,12,26-31H2,1-2H3,(H,48,53)/t33-,40+,43-,44+,45+,47+/m1/s1. The van der Waals surface area contributed by atoms with Crippen LogP contribution in [0.3, 0.4) is 0 Å². The predicted octanol–water partition coefficient (Wildman–Crippen LogP) is 6.61. The number of carbonyl (C=O) groups is 1. The van der Waals surface area contributed by atoms with Crippen LogP contribution in [-0.4, -0.2) is 67.3 Å². The summed E-state index contributed by atoms with van der Waals surface area (Å²) in [6.07, 6.45) is 1.17. The van der Waals surface area contributed by atoms with Crippen molar-refractivity contribution in [2.24, 2.45) is 5.92 Å². The van der Waals surface area contributed by atoms with Gasteiger partial charge in [0.1, 0.15) is 6.04 Å². The van der Waals surface area contributed by atoms with Crippen LogP contribution >= 0.6 is 0 Å². The number of ether oxygens (including phenoxy) is 2. The highest BCUT2D eigenvalue weighted by atomic mass is 32.2. The van der Waals surface area contributed by atoms with Gasteiger partial charge in [0.2, 0.25) is 15.9 Å². The molecule has 0 unspecified atom stereocenters. The molecule has 5 aromatic rings. The third-order valence-electron chi connectivity index (χ3n) is 11.4. The van der Waals surface area contributed by atoms with Crippen molar-refractivity contribution in [1.29, 1.82) is 0 Å². The highest BCUT2D eigenvalue weighted by Crippen LogP contribution is 2.42. The van der Waals surface area contributed by atoms with Gasteiger partial charge in [-0.2, -0.15) is 4.72 Å². The molecule has 11 heteroatoms. The molecule has 5 aromatic carbocycles. The molecule has 6 atom stereocenters. The number of likely N-dealkylation sites (tertiary alicyclic amines) is 1. The zero-order valence-corrected chi connectivity index (χ0v) is 33.9. The van der Waals surface area contributed by atoms with Crippen LogP contribution in [-0.2, 0) is 43.9 Å². The Kier molecular flexibility index (Phi) is 13.5. The highest BCUT2D eigenvalue weighted by molar-refractivity contribution is 7.89. The molecule has 2 aliphatic rings. The fraction of sp³-hybridized carbons (Fsp3) is 0.340. The molecular weight excluding hydrogens is 751 g/mol. The Balaban J connectivity index is 1.08. The Morgan fingerprint density at radius 1 is 0.828 bits per heavy atom. The SMILES string of the molecule is Cc1ccc(S(=O)(=O)N[C@H](Cc2ccccc2)C(=O)NCc2ccccc2-c2ccc([C@H]3O[C@@H](CN4CCC[C@H]4CO)[C@@H](C)[C@@H](c4ccc(CO)cc4)O3)cc2)cc1. The van der Waals surface area contributed by atoms with E-state index in [4.69, 9.17) is 9.47 Å². The summed E-state index contributed by atoms with van der Waals surface area (Å²) in [4.78, 5) is 16.2.